The van der Waals surface area contributed by atoms with Crippen molar-refractivity contribution in [2.24, 2.45) is 5.92 Å². The predicted octanol–water partition coefficient (Wildman–Crippen LogP) is 3.03. The molecule has 0 aromatic heterocycles. The highest BCUT2D eigenvalue weighted by atomic mass is 16.5. The van der Waals surface area contributed by atoms with E-state index in [1.54, 1.807) is 13.2 Å². The van der Waals surface area contributed by atoms with Crippen LogP contribution in [0.2, 0.25) is 0 Å². The molecule has 1 saturated heterocycles. The summed E-state index contributed by atoms with van der Waals surface area (Å²) >= 11 is 0. The van der Waals surface area contributed by atoms with Gasteiger partial charge in [-0.25, -0.2) is 0 Å². The minimum atomic E-state index is -0.0268. The van der Waals surface area contributed by atoms with Gasteiger partial charge in [0.25, 0.3) is 0 Å². The maximum Gasteiger partial charge on any atom is 0.244 e. The van der Waals surface area contributed by atoms with Crippen LogP contribution in [-0.4, -0.2) is 75.2 Å². The van der Waals surface area contributed by atoms with Crippen molar-refractivity contribution in [2.75, 3.05) is 53.5 Å². The van der Waals surface area contributed by atoms with Crippen molar-refractivity contribution in [2.45, 2.75) is 38.6 Å². The van der Waals surface area contributed by atoms with Crippen LogP contribution in [0.4, 0.5) is 0 Å². The lowest BCUT2D eigenvalue weighted by Crippen LogP contribution is -2.45. The molecule has 1 aliphatic heterocycles. The summed E-state index contributed by atoms with van der Waals surface area (Å²) in [4.78, 5) is 17.0. The SMILES string of the molecule is COc1cc(/C=C/C(=O)N[C@H]2CC[C@H](C)CC2)ccc1OCCN1CCN(C)CC1. The molecule has 6 nitrogen and oxygen atoms in total. The highest BCUT2D eigenvalue weighted by Crippen LogP contribution is 2.28. The molecule has 30 heavy (non-hydrogen) atoms. The van der Waals surface area contributed by atoms with Crippen molar-refractivity contribution in [3.05, 3.63) is 29.8 Å². The summed E-state index contributed by atoms with van der Waals surface area (Å²) in [5.74, 6) is 2.19. The Morgan fingerprint density at radius 1 is 1.13 bits per heavy atom. The van der Waals surface area contributed by atoms with Crippen molar-refractivity contribution in [3.8, 4) is 11.5 Å². The summed E-state index contributed by atoms with van der Waals surface area (Å²) in [5, 5.41) is 3.12. The molecule has 1 aliphatic carbocycles. The first kappa shape index (κ1) is 22.6. The number of piperazine rings is 1. The maximum absolute atomic E-state index is 12.2. The number of likely N-dealkylation sites (N-methyl/N-ethyl adjacent to an activating group) is 1. The van der Waals surface area contributed by atoms with Crippen LogP contribution in [0.5, 0.6) is 11.5 Å². The Morgan fingerprint density at radius 2 is 1.87 bits per heavy atom. The third-order valence-corrected chi connectivity index (χ3v) is 6.24. The van der Waals surface area contributed by atoms with Gasteiger partial charge >= 0.3 is 0 Å². The lowest BCUT2D eigenvalue weighted by Gasteiger charge is -2.32. The second kappa shape index (κ2) is 11.4. The van der Waals surface area contributed by atoms with Gasteiger partial charge in [0.15, 0.2) is 11.5 Å². The van der Waals surface area contributed by atoms with E-state index in [2.05, 4.69) is 29.1 Å². The number of carbonyl (C=O) groups excluding carboxylic acids is 1. The summed E-state index contributed by atoms with van der Waals surface area (Å²) in [6.45, 7) is 8.22. The monoisotopic (exact) mass is 415 g/mol. The van der Waals surface area contributed by atoms with E-state index in [0.29, 0.717) is 18.4 Å². The third kappa shape index (κ3) is 7.03. The number of nitrogens with one attached hydrogen (secondary N) is 1. The Kier molecular flexibility index (Phi) is 8.58. The molecule has 0 unspecified atom stereocenters. The Morgan fingerprint density at radius 3 is 2.57 bits per heavy atom. The van der Waals surface area contributed by atoms with E-state index in [1.165, 1.54) is 12.8 Å². The zero-order valence-corrected chi connectivity index (χ0v) is 18.7. The van der Waals surface area contributed by atoms with Gasteiger partial charge in [0.05, 0.1) is 7.11 Å². The molecule has 166 valence electrons. The molecule has 2 fully saturated rings. The van der Waals surface area contributed by atoms with Crippen LogP contribution in [0.3, 0.4) is 0 Å². The molecule has 0 bridgehead atoms. The van der Waals surface area contributed by atoms with E-state index in [9.17, 15) is 4.79 Å². The average Bonchev–Trinajstić information content (AvgIpc) is 2.76. The Balaban J connectivity index is 1.47. The van der Waals surface area contributed by atoms with E-state index in [-0.39, 0.29) is 5.91 Å². The molecule has 1 N–H and O–H groups in total. The number of carbonyl (C=O) groups is 1. The van der Waals surface area contributed by atoms with Crippen LogP contribution < -0.4 is 14.8 Å². The molecule has 0 radical (unpaired) electrons. The molecular weight excluding hydrogens is 378 g/mol. The number of nitrogens with zero attached hydrogens (tertiary/aromatic N) is 2. The number of methoxy groups -OCH3 is 1. The Labute approximate surface area is 181 Å². The number of rotatable bonds is 8. The van der Waals surface area contributed by atoms with E-state index in [4.69, 9.17) is 9.47 Å². The fourth-order valence-electron chi connectivity index (χ4n) is 4.09. The molecule has 1 saturated carbocycles. The molecule has 1 aromatic rings. The number of ether oxygens (including phenoxy) is 2. The zero-order valence-electron chi connectivity index (χ0n) is 18.7. The van der Waals surface area contributed by atoms with Crippen molar-refractivity contribution in [3.63, 3.8) is 0 Å². The van der Waals surface area contributed by atoms with Crippen LogP contribution in [0.15, 0.2) is 24.3 Å². The molecule has 0 atom stereocenters. The third-order valence-electron chi connectivity index (χ3n) is 6.24. The van der Waals surface area contributed by atoms with Gasteiger partial charge in [-0.3, -0.25) is 9.69 Å². The quantitative estimate of drug-likeness (QED) is 0.662. The largest absolute Gasteiger partial charge is 0.493 e. The van der Waals surface area contributed by atoms with E-state index in [1.807, 2.05) is 24.3 Å². The number of benzene rings is 1. The molecule has 1 aromatic carbocycles. The number of amides is 1. The molecule has 6 heteroatoms. The average molecular weight is 416 g/mol. The highest BCUT2D eigenvalue weighted by Gasteiger charge is 2.19. The number of hydrogen-bond donors (Lipinski definition) is 1. The van der Waals surface area contributed by atoms with Gasteiger partial charge in [-0.05, 0) is 62.4 Å². The summed E-state index contributed by atoms with van der Waals surface area (Å²) in [6.07, 6.45) is 7.99. The first-order chi connectivity index (χ1) is 14.5. The Bertz CT molecular complexity index is 706. The first-order valence-corrected chi connectivity index (χ1v) is 11.2. The van der Waals surface area contributed by atoms with Gasteiger partial charge in [0.2, 0.25) is 5.91 Å². The summed E-state index contributed by atoms with van der Waals surface area (Å²) in [6, 6.07) is 6.10. The van der Waals surface area contributed by atoms with Crippen molar-refractivity contribution in [1.29, 1.82) is 0 Å². The van der Waals surface area contributed by atoms with Gasteiger partial charge in [-0.1, -0.05) is 13.0 Å². The Hall–Kier alpha value is -2.05. The molecule has 0 spiro atoms. The van der Waals surface area contributed by atoms with Crippen LogP contribution in [0.1, 0.15) is 38.2 Å². The lowest BCUT2D eigenvalue weighted by molar-refractivity contribution is -0.117. The topological polar surface area (TPSA) is 54.0 Å². The molecule has 3 rings (SSSR count). The standard InChI is InChI=1S/C24H37N3O3/c1-19-4-8-21(9-5-19)25-24(28)11-7-20-6-10-22(23(18-20)29-3)30-17-16-27-14-12-26(2)13-15-27/h6-7,10-11,18-19,21H,4-5,8-9,12-17H2,1-3H3,(H,25,28)/b11-7+/t19-,21-. The van der Waals surface area contributed by atoms with Gasteiger partial charge in [-0.15, -0.1) is 0 Å². The lowest BCUT2D eigenvalue weighted by atomic mass is 9.87. The minimum Gasteiger partial charge on any atom is -0.493 e. The van der Waals surface area contributed by atoms with Crippen LogP contribution in [-0.2, 0) is 4.79 Å². The molecule has 1 heterocycles. The smallest absolute Gasteiger partial charge is 0.244 e. The summed E-state index contributed by atoms with van der Waals surface area (Å²) in [7, 11) is 3.81. The van der Waals surface area contributed by atoms with Crippen LogP contribution >= 0.6 is 0 Å². The van der Waals surface area contributed by atoms with Gasteiger partial charge in [-0.2, -0.15) is 0 Å². The van der Waals surface area contributed by atoms with Crippen molar-refractivity contribution < 1.29 is 14.3 Å². The number of hydrogen-bond acceptors (Lipinski definition) is 5. The fourth-order valence-corrected chi connectivity index (χ4v) is 4.09. The normalized spacial score (nSPS) is 23.4. The molecular formula is C24H37N3O3. The predicted molar refractivity (Wildman–Crippen MR) is 121 cm³/mol. The van der Waals surface area contributed by atoms with E-state index >= 15 is 0 Å². The minimum absolute atomic E-state index is 0.0268. The maximum atomic E-state index is 12.2. The molecule has 1 amide bonds. The van der Waals surface area contributed by atoms with Gasteiger partial charge < -0.3 is 19.7 Å². The fraction of sp³-hybridized carbons (Fsp3) is 0.625. The van der Waals surface area contributed by atoms with Crippen molar-refractivity contribution in [1.82, 2.24) is 15.1 Å². The highest BCUT2D eigenvalue weighted by molar-refractivity contribution is 5.92. The van der Waals surface area contributed by atoms with Crippen LogP contribution in [0.25, 0.3) is 6.08 Å². The summed E-state index contributed by atoms with van der Waals surface area (Å²) in [5.41, 5.74) is 0.922. The van der Waals surface area contributed by atoms with Gasteiger partial charge in [0.1, 0.15) is 6.61 Å². The van der Waals surface area contributed by atoms with Gasteiger partial charge in [0, 0.05) is 44.8 Å². The van der Waals surface area contributed by atoms with E-state index in [0.717, 1.165) is 62.8 Å². The second-order valence-electron chi connectivity index (χ2n) is 8.70. The first-order valence-electron chi connectivity index (χ1n) is 11.2. The zero-order chi connectivity index (χ0) is 21.3. The second-order valence-corrected chi connectivity index (χ2v) is 8.70. The van der Waals surface area contributed by atoms with Crippen molar-refractivity contribution >= 4 is 12.0 Å². The molecule has 2 aliphatic rings. The van der Waals surface area contributed by atoms with E-state index < -0.39 is 0 Å². The summed E-state index contributed by atoms with van der Waals surface area (Å²) < 4.78 is 11.5. The van der Waals surface area contributed by atoms with Crippen LogP contribution in [0, 0.1) is 5.92 Å².